The highest BCUT2D eigenvalue weighted by molar-refractivity contribution is 6.37. The molecule has 29 heavy (non-hydrogen) atoms. The lowest BCUT2D eigenvalue weighted by Crippen LogP contribution is -2.21. The van der Waals surface area contributed by atoms with Crippen molar-refractivity contribution in [3.8, 4) is 5.75 Å². The van der Waals surface area contributed by atoms with Gasteiger partial charge >= 0.3 is 5.97 Å². The highest BCUT2D eigenvalue weighted by atomic mass is 35.5. The number of phenols is 1. The quantitative estimate of drug-likeness (QED) is 0.527. The van der Waals surface area contributed by atoms with E-state index in [4.69, 9.17) is 23.2 Å². The number of fused-ring (bicyclic) bond motifs is 1. The molecule has 152 valence electrons. The molecule has 0 fully saturated rings. The van der Waals surface area contributed by atoms with Crippen molar-refractivity contribution in [2.45, 2.75) is 33.1 Å². The Balaban J connectivity index is 2.37. The van der Waals surface area contributed by atoms with E-state index in [1.54, 1.807) is 37.3 Å². The molecule has 0 aliphatic rings. The van der Waals surface area contributed by atoms with Crippen LogP contribution in [0.3, 0.4) is 0 Å². The molecule has 0 aliphatic heterocycles. The van der Waals surface area contributed by atoms with Crippen LogP contribution in [0.1, 0.15) is 47.8 Å². The monoisotopic (exact) mass is 433 g/mol. The molecule has 2 N–H and O–H groups in total. The van der Waals surface area contributed by atoms with E-state index >= 15 is 0 Å². The summed E-state index contributed by atoms with van der Waals surface area (Å²) in [5.41, 5.74) is 1.79. The molecule has 0 amide bonds. The number of aromatic hydroxyl groups is 1. The summed E-state index contributed by atoms with van der Waals surface area (Å²) in [6.45, 7) is 5.46. The number of halogens is 2. The van der Waals surface area contributed by atoms with Gasteiger partial charge in [0, 0.05) is 21.7 Å². The molecule has 3 rings (SSSR count). The van der Waals surface area contributed by atoms with Crippen LogP contribution in [0.2, 0.25) is 10.0 Å². The fourth-order valence-electron chi connectivity index (χ4n) is 3.73. The third-order valence-electron chi connectivity index (χ3n) is 5.42. The maximum atomic E-state index is 13.3. The number of hydrogen-bond donors (Lipinski definition) is 2. The standard InChI is InChI=1S/C22H21Cl2NO4/c1-4-11(2)17(22(28)29)18-12(3)25(15-9-10-16(26)20(24)19(15)18)21(27)13-5-7-14(23)8-6-13/h5-11,17,26H,4H2,1-3H3,(H,28,29)/t11?,17-/m1/s1. The number of carbonyl (C=O) groups excluding carboxylic acids is 1. The molecule has 0 aliphatic carbocycles. The summed E-state index contributed by atoms with van der Waals surface area (Å²) in [4.78, 5) is 25.5. The Morgan fingerprint density at radius 3 is 2.28 bits per heavy atom. The Morgan fingerprint density at radius 1 is 1.10 bits per heavy atom. The van der Waals surface area contributed by atoms with Crippen molar-refractivity contribution < 1.29 is 19.8 Å². The summed E-state index contributed by atoms with van der Waals surface area (Å²) in [7, 11) is 0. The van der Waals surface area contributed by atoms with Crippen molar-refractivity contribution in [3.63, 3.8) is 0 Å². The van der Waals surface area contributed by atoms with Crippen molar-refractivity contribution in [3.05, 3.63) is 63.3 Å². The number of carboxylic acid groups (broad SMARTS) is 1. The maximum Gasteiger partial charge on any atom is 0.311 e. The van der Waals surface area contributed by atoms with Crippen molar-refractivity contribution in [2.24, 2.45) is 5.92 Å². The smallest absolute Gasteiger partial charge is 0.311 e. The second kappa shape index (κ2) is 8.09. The van der Waals surface area contributed by atoms with Crippen LogP contribution in [0, 0.1) is 12.8 Å². The molecule has 0 spiro atoms. The number of benzene rings is 2. The van der Waals surface area contributed by atoms with Crippen molar-refractivity contribution in [1.29, 1.82) is 0 Å². The van der Waals surface area contributed by atoms with E-state index in [2.05, 4.69) is 0 Å². The van der Waals surface area contributed by atoms with Gasteiger partial charge in [-0.2, -0.15) is 0 Å². The number of hydrogen-bond acceptors (Lipinski definition) is 3. The third kappa shape index (κ3) is 3.61. The van der Waals surface area contributed by atoms with Gasteiger partial charge in [0.25, 0.3) is 5.91 Å². The lowest BCUT2D eigenvalue weighted by atomic mass is 9.84. The minimum atomic E-state index is -1.00. The normalized spacial score (nSPS) is 13.4. The summed E-state index contributed by atoms with van der Waals surface area (Å²) in [5.74, 6) is -2.56. The van der Waals surface area contributed by atoms with Crippen LogP contribution in [0.25, 0.3) is 10.9 Å². The fourth-order valence-corrected chi connectivity index (χ4v) is 4.12. The van der Waals surface area contributed by atoms with E-state index in [1.165, 1.54) is 10.6 Å². The van der Waals surface area contributed by atoms with Gasteiger partial charge in [0.1, 0.15) is 5.75 Å². The Bertz CT molecular complexity index is 1100. The van der Waals surface area contributed by atoms with Crippen LogP contribution in [0.5, 0.6) is 5.75 Å². The predicted molar refractivity (Wildman–Crippen MR) is 114 cm³/mol. The summed E-state index contributed by atoms with van der Waals surface area (Å²) in [6, 6.07) is 9.44. The first-order valence-electron chi connectivity index (χ1n) is 9.24. The molecule has 0 saturated carbocycles. The number of aromatic nitrogens is 1. The summed E-state index contributed by atoms with van der Waals surface area (Å²) in [6.07, 6.45) is 0.630. The highest BCUT2D eigenvalue weighted by Gasteiger charge is 2.34. The molecule has 0 saturated heterocycles. The first-order chi connectivity index (χ1) is 13.7. The lowest BCUT2D eigenvalue weighted by molar-refractivity contribution is -0.140. The summed E-state index contributed by atoms with van der Waals surface area (Å²) < 4.78 is 1.46. The van der Waals surface area contributed by atoms with Crippen LogP contribution < -0.4 is 0 Å². The first kappa shape index (κ1) is 21.2. The van der Waals surface area contributed by atoms with E-state index in [9.17, 15) is 19.8 Å². The number of carboxylic acids is 1. The molecule has 0 radical (unpaired) electrons. The van der Waals surface area contributed by atoms with E-state index in [0.29, 0.717) is 39.2 Å². The average molecular weight is 434 g/mol. The van der Waals surface area contributed by atoms with Gasteiger partial charge in [0.2, 0.25) is 0 Å². The van der Waals surface area contributed by atoms with E-state index in [-0.39, 0.29) is 22.6 Å². The second-order valence-corrected chi connectivity index (χ2v) is 7.96. The van der Waals surface area contributed by atoms with Gasteiger partial charge in [-0.05, 0) is 54.8 Å². The zero-order valence-corrected chi connectivity index (χ0v) is 17.8. The number of rotatable bonds is 5. The zero-order chi connectivity index (χ0) is 21.5. The Hall–Kier alpha value is -2.50. The van der Waals surface area contributed by atoms with E-state index < -0.39 is 11.9 Å². The Labute approximate surface area is 178 Å². The van der Waals surface area contributed by atoms with Gasteiger partial charge in [-0.3, -0.25) is 14.2 Å². The highest BCUT2D eigenvalue weighted by Crippen LogP contribution is 2.43. The second-order valence-electron chi connectivity index (χ2n) is 7.14. The molecule has 7 heteroatoms. The minimum absolute atomic E-state index is 0.0396. The number of carbonyl (C=O) groups is 2. The molecule has 1 heterocycles. The van der Waals surface area contributed by atoms with Gasteiger partial charge in [0.15, 0.2) is 0 Å². The van der Waals surface area contributed by atoms with E-state index in [1.807, 2.05) is 13.8 Å². The van der Waals surface area contributed by atoms with Crippen LogP contribution in [0.15, 0.2) is 36.4 Å². The first-order valence-corrected chi connectivity index (χ1v) is 10.00. The van der Waals surface area contributed by atoms with Crippen molar-refractivity contribution >= 4 is 46.0 Å². The van der Waals surface area contributed by atoms with Crippen LogP contribution in [-0.2, 0) is 4.79 Å². The van der Waals surface area contributed by atoms with Gasteiger partial charge < -0.3 is 10.2 Å². The van der Waals surface area contributed by atoms with Crippen LogP contribution >= 0.6 is 23.2 Å². The van der Waals surface area contributed by atoms with Crippen LogP contribution in [0.4, 0.5) is 0 Å². The number of phenolic OH excluding ortho intramolecular Hbond substituents is 1. The van der Waals surface area contributed by atoms with Crippen molar-refractivity contribution in [2.75, 3.05) is 0 Å². The molecule has 1 aromatic heterocycles. The number of aliphatic carboxylic acids is 1. The molecule has 2 aromatic carbocycles. The maximum absolute atomic E-state index is 13.3. The molecule has 5 nitrogen and oxygen atoms in total. The van der Waals surface area contributed by atoms with Gasteiger partial charge in [0.05, 0.1) is 16.5 Å². The Kier molecular flexibility index (Phi) is 5.92. The Morgan fingerprint density at radius 2 is 1.72 bits per heavy atom. The van der Waals surface area contributed by atoms with Gasteiger partial charge in [-0.25, -0.2) is 0 Å². The zero-order valence-electron chi connectivity index (χ0n) is 16.2. The topological polar surface area (TPSA) is 79.5 Å². The minimum Gasteiger partial charge on any atom is -0.506 e. The molecule has 2 atom stereocenters. The number of nitrogens with zero attached hydrogens (tertiary/aromatic N) is 1. The van der Waals surface area contributed by atoms with Gasteiger partial charge in [-0.15, -0.1) is 0 Å². The van der Waals surface area contributed by atoms with Gasteiger partial charge in [-0.1, -0.05) is 43.5 Å². The molecule has 0 bridgehead atoms. The lowest BCUT2D eigenvalue weighted by Gasteiger charge is -2.20. The molecule has 3 aromatic rings. The SMILES string of the molecule is CCC(C)[C@@H](C(=O)O)c1c(C)n(C(=O)c2ccc(Cl)cc2)c2ccc(O)c(Cl)c12. The van der Waals surface area contributed by atoms with E-state index in [0.717, 1.165) is 0 Å². The average Bonchev–Trinajstić information content (AvgIpc) is 2.97. The largest absolute Gasteiger partial charge is 0.506 e. The van der Waals surface area contributed by atoms with Crippen molar-refractivity contribution in [1.82, 2.24) is 4.57 Å². The summed E-state index contributed by atoms with van der Waals surface area (Å²) >= 11 is 12.3. The molecular formula is C22H21Cl2NO4. The molecule has 1 unspecified atom stereocenters. The van der Waals surface area contributed by atoms with Crippen LogP contribution in [-0.4, -0.2) is 26.7 Å². The molecular weight excluding hydrogens is 413 g/mol. The predicted octanol–water partition coefficient (Wildman–Crippen LogP) is 5.86. The summed E-state index contributed by atoms with van der Waals surface area (Å²) in [5, 5.41) is 21.0. The fraction of sp³-hybridized carbons (Fsp3) is 0.273. The third-order valence-corrected chi connectivity index (χ3v) is 6.05.